The summed E-state index contributed by atoms with van der Waals surface area (Å²) in [4.78, 5) is 12.4. The maximum Gasteiger partial charge on any atom is 0.251 e. The predicted molar refractivity (Wildman–Crippen MR) is 94.4 cm³/mol. The third-order valence-electron chi connectivity index (χ3n) is 4.66. The second kappa shape index (κ2) is 6.71. The van der Waals surface area contributed by atoms with E-state index in [2.05, 4.69) is 5.32 Å². The zero-order valence-corrected chi connectivity index (χ0v) is 14.6. The first-order valence-electron chi connectivity index (χ1n) is 7.79. The molecular formula is C18H23NO3S. The lowest BCUT2D eigenvalue weighted by atomic mass is 10.0. The van der Waals surface area contributed by atoms with Crippen LogP contribution in [0.1, 0.15) is 37.0 Å². The number of carbonyl (C=O) groups excluding carboxylic acids is 1. The van der Waals surface area contributed by atoms with E-state index in [0.717, 1.165) is 10.8 Å². The Balaban J connectivity index is 2.20. The lowest BCUT2D eigenvalue weighted by Gasteiger charge is -2.29. The molecule has 0 saturated carbocycles. The Labute approximate surface area is 137 Å². The van der Waals surface area contributed by atoms with Crippen LogP contribution in [0.2, 0.25) is 0 Å². The van der Waals surface area contributed by atoms with Crippen molar-refractivity contribution in [3.05, 3.63) is 48.0 Å². The fourth-order valence-corrected chi connectivity index (χ4v) is 4.21. The molecule has 2 aromatic rings. The highest BCUT2D eigenvalue weighted by molar-refractivity contribution is 7.92. The van der Waals surface area contributed by atoms with Crippen molar-refractivity contribution in [3.63, 3.8) is 0 Å². The molecule has 0 heterocycles. The van der Waals surface area contributed by atoms with Gasteiger partial charge in [-0.15, -0.1) is 0 Å². The molecule has 2 rings (SSSR count). The zero-order chi connectivity index (χ0) is 17.1. The van der Waals surface area contributed by atoms with Crippen LogP contribution in [0.3, 0.4) is 0 Å². The van der Waals surface area contributed by atoms with Gasteiger partial charge in [-0.05, 0) is 35.7 Å². The van der Waals surface area contributed by atoms with Crippen molar-refractivity contribution in [1.82, 2.24) is 5.32 Å². The molecule has 0 aliphatic rings. The lowest BCUT2D eigenvalue weighted by Crippen LogP contribution is -2.47. The van der Waals surface area contributed by atoms with Crippen molar-refractivity contribution in [1.29, 1.82) is 0 Å². The molecule has 23 heavy (non-hydrogen) atoms. The largest absolute Gasteiger partial charge is 0.350 e. The third kappa shape index (κ3) is 3.55. The minimum atomic E-state index is -3.25. The number of carbonyl (C=O) groups is 1. The highest BCUT2D eigenvalue weighted by atomic mass is 32.2. The van der Waals surface area contributed by atoms with Crippen molar-refractivity contribution >= 4 is 26.5 Å². The van der Waals surface area contributed by atoms with E-state index in [-0.39, 0.29) is 12.5 Å². The molecule has 1 amide bonds. The molecule has 0 unspecified atom stereocenters. The van der Waals surface area contributed by atoms with E-state index in [9.17, 15) is 13.2 Å². The quantitative estimate of drug-likeness (QED) is 0.883. The molecule has 0 radical (unpaired) electrons. The molecule has 0 saturated heterocycles. The van der Waals surface area contributed by atoms with Gasteiger partial charge in [-0.2, -0.15) is 0 Å². The van der Waals surface area contributed by atoms with E-state index in [0.29, 0.717) is 18.4 Å². The lowest BCUT2D eigenvalue weighted by molar-refractivity contribution is 0.0948. The predicted octanol–water partition coefficient (Wildman–Crippen LogP) is 3.17. The number of nitrogens with one attached hydrogen (secondary N) is 1. The number of rotatable bonds is 6. The van der Waals surface area contributed by atoms with Crippen molar-refractivity contribution in [2.45, 2.75) is 31.4 Å². The summed E-state index contributed by atoms with van der Waals surface area (Å²) in [7, 11) is -3.25. The first-order chi connectivity index (χ1) is 10.8. The fraction of sp³-hybridized carbons (Fsp3) is 0.389. The summed E-state index contributed by atoms with van der Waals surface area (Å²) in [5, 5.41) is 4.85. The highest BCUT2D eigenvalue weighted by Crippen LogP contribution is 2.24. The van der Waals surface area contributed by atoms with Gasteiger partial charge in [0.05, 0.1) is 4.75 Å². The van der Waals surface area contributed by atoms with E-state index in [1.54, 1.807) is 6.07 Å². The Hall–Kier alpha value is -1.88. The van der Waals surface area contributed by atoms with Crippen molar-refractivity contribution in [2.75, 3.05) is 12.8 Å². The van der Waals surface area contributed by atoms with Crippen LogP contribution >= 0.6 is 0 Å². The monoisotopic (exact) mass is 333 g/mol. The number of amides is 1. The first-order valence-corrected chi connectivity index (χ1v) is 9.69. The van der Waals surface area contributed by atoms with Gasteiger partial charge in [0.1, 0.15) is 0 Å². The maximum atomic E-state index is 12.4. The normalized spacial score (nSPS) is 12.3. The van der Waals surface area contributed by atoms with Gasteiger partial charge in [-0.1, -0.05) is 44.2 Å². The standard InChI is InChI=1S/C18H23NO3S/c1-4-18(5-2,23(3,21)22)13-19-17(20)16-11-10-14-8-6-7-9-15(14)12-16/h6-12H,4-5,13H2,1-3H3,(H,19,20). The zero-order valence-electron chi connectivity index (χ0n) is 13.8. The summed E-state index contributed by atoms with van der Waals surface area (Å²) in [6, 6.07) is 13.3. The topological polar surface area (TPSA) is 63.2 Å². The Morgan fingerprint density at radius 3 is 2.22 bits per heavy atom. The van der Waals surface area contributed by atoms with Gasteiger partial charge in [0.2, 0.25) is 0 Å². The molecule has 2 aromatic carbocycles. The molecule has 0 aliphatic heterocycles. The summed E-state index contributed by atoms with van der Waals surface area (Å²) in [6.45, 7) is 3.81. The smallest absolute Gasteiger partial charge is 0.251 e. The molecule has 0 bridgehead atoms. The molecular weight excluding hydrogens is 310 g/mol. The molecule has 0 atom stereocenters. The highest BCUT2D eigenvalue weighted by Gasteiger charge is 2.37. The molecule has 1 N–H and O–H groups in total. The van der Waals surface area contributed by atoms with Gasteiger partial charge in [-0.3, -0.25) is 4.79 Å². The van der Waals surface area contributed by atoms with Gasteiger partial charge in [0, 0.05) is 18.4 Å². The van der Waals surface area contributed by atoms with Crippen LogP contribution in [-0.4, -0.2) is 31.9 Å². The summed E-state index contributed by atoms with van der Waals surface area (Å²) in [5.41, 5.74) is 0.540. The van der Waals surface area contributed by atoms with E-state index < -0.39 is 14.6 Å². The maximum absolute atomic E-state index is 12.4. The van der Waals surface area contributed by atoms with Crippen molar-refractivity contribution in [3.8, 4) is 0 Å². The average Bonchev–Trinajstić information content (AvgIpc) is 2.54. The van der Waals surface area contributed by atoms with Gasteiger partial charge < -0.3 is 5.32 Å². The fourth-order valence-electron chi connectivity index (χ4n) is 2.83. The minimum Gasteiger partial charge on any atom is -0.350 e. The van der Waals surface area contributed by atoms with Crippen LogP contribution in [0.4, 0.5) is 0 Å². The number of sulfone groups is 1. The third-order valence-corrected chi connectivity index (χ3v) is 6.95. The van der Waals surface area contributed by atoms with Crippen molar-refractivity contribution < 1.29 is 13.2 Å². The molecule has 0 aliphatic carbocycles. The van der Waals surface area contributed by atoms with E-state index >= 15 is 0 Å². The van der Waals surface area contributed by atoms with Crippen LogP contribution in [0.5, 0.6) is 0 Å². The number of fused-ring (bicyclic) bond motifs is 1. The molecule has 0 aromatic heterocycles. The van der Waals surface area contributed by atoms with Crippen LogP contribution < -0.4 is 5.32 Å². The molecule has 0 spiro atoms. The van der Waals surface area contributed by atoms with Crippen LogP contribution in [0, 0.1) is 0 Å². The molecule has 124 valence electrons. The summed E-state index contributed by atoms with van der Waals surface area (Å²) in [6.07, 6.45) is 2.18. The summed E-state index contributed by atoms with van der Waals surface area (Å²) >= 11 is 0. The average molecular weight is 333 g/mol. The Kier molecular flexibility index (Phi) is 5.09. The van der Waals surface area contributed by atoms with Crippen LogP contribution in [0.15, 0.2) is 42.5 Å². The van der Waals surface area contributed by atoms with E-state index in [1.807, 2.05) is 50.2 Å². The SMILES string of the molecule is CCC(CC)(CNC(=O)c1ccc2ccccc2c1)S(C)(=O)=O. The minimum absolute atomic E-state index is 0.129. The number of benzene rings is 2. The van der Waals surface area contributed by atoms with Gasteiger partial charge in [-0.25, -0.2) is 8.42 Å². The van der Waals surface area contributed by atoms with Gasteiger partial charge in [0.25, 0.3) is 5.91 Å². The molecule has 5 heteroatoms. The number of hydrogen-bond donors (Lipinski definition) is 1. The number of hydrogen-bond acceptors (Lipinski definition) is 3. The van der Waals surface area contributed by atoms with E-state index in [1.165, 1.54) is 6.26 Å². The van der Waals surface area contributed by atoms with Crippen LogP contribution in [0.25, 0.3) is 10.8 Å². The second-order valence-electron chi connectivity index (χ2n) is 5.91. The van der Waals surface area contributed by atoms with E-state index in [4.69, 9.17) is 0 Å². The van der Waals surface area contributed by atoms with Crippen LogP contribution in [-0.2, 0) is 9.84 Å². The molecule has 4 nitrogen and oxygen atoms in total. The molecule has 0 fully saturated rings. The summed E-state index contributed by atoms with van der Waals surface area (Å²) < 4.78 is 23.3. The Morgan fingerprint density at radius 1 is 1.04 bits per heavy atom. The summed E-state index contributed by atoms with van der Waals surface area (Å²) in [5.74, 6) is -0.245. The first kappa shape index (κ1) is 17.5. The van der Waals surface area contributed by atoms with Crippen molar-refractivity contribution in [2.24, 2.45) is 0 Å². The Morgan fingerprint density at radius 2 is 1.65 bits per heavy atom. The second-order valence-corrected chi connectivity index (χ2v) is 8.32. The van der Waals surface area contributed by atoms with Gasteiger partial charge in [0.15, 0.2) is 9.84 Å². The Bertz CT molecular complexity index is 808. The van der Waals surface area contributed by atoms with Gasteiger partial charge >= 0.3 is 0 Å².